The highest BCUT2D eigenvalue weighted by Crippen LogP contribution is 2.38. The number of rotatable bonds is 7. The molecular formula is C22H20F5N7O2. The molecule has 2 aromatic heterocycles. The molecule has 3 heterocycles. The van der Waals surface area contributed by atoms with Gasteiger partial charge in [0.15, 0.2) is 0 Å². The summed E-state index contributed by atoms with van der Waals surface area (Å²) in [5.41, 5.74) is -0.195. The molecule has 4 rings (SSSR count). The summed E-state index contributed by atoms with van der Waals surface area (Å²) in [7, 11) is 0. The maximum Gasteiger partial charge on any atom is 0.408 e. The smallest absolute Gasteiger partial charge is 0.390 e. The third-order valence-corrected chi connectivity index (χ3v) is 6.09. The van der Waals surface area contributed by atoms with Crippen molar-refractivity contribution < 1.29 is 31.9 Å². The van der Waals surface area contributed by atoms with Crippen LogP contribution in [0, 0.1) is 23.0 Å². The molecule has 1 atom stereocenters. The SMILES string of the molecule is C[C@H](NC(=O)c1cc(F)c(N2CC(CC#N)(n3cc(-c4cn[nH]c4CO)cn3)C2)cc1F)C(F)(F)F. The number of nitriles is 1. The van der Waals surface area contributed by atoms with Gasteiger partial charge in [0.1, 0.15) is 23.2 Å². The van der Waals surface area contributed by atoms with E-state index >= 15 is 0 Å². The van der Waals surface area contributed by atoms with Crippen LogP contribution in [0.1, 0.15) is 29.4 Å². The highest BCUT2D eigenvalue weighted by Gasteiger charge is 2.47. The minimum Gasteiger partial charge on any atom is -0.390 e. The first-order valence-electron chi connectivity index (χ1n) is 10.7. The molecule has 0 aliphatic carbocycles. The van der Waals surface area contributed by atoms with Crippen LogP contribution < -0.4 is 10.2 Å². The number of alkyl halides is 3. The summed E-state index contributed by atoms with van der Waals surface area (Å²) < 4.78 is 69.0. The molecule has 36 heavy (non-hydrogen) atoms. The van der Waals surface area contributed by atoms with Crippen molar-refractivity contribution in [3.05, 3.63) is 53.6 Å². The van der Waals surface area contributed by atoms with Crippen LogP contribution in [-0.2, 0) is 12.1 Å². The predicted octanol–water partition coefficient (Wildman–Crippen LogP) is 2.85. The zero-order valence-electron chi connectivity index (χ0n) is 18.8. The number of H-pyrrole nitrogens is 1. The zero-order chi connectivity index (χ0) is 26.3. The van der Waals surface area contributed by atoms with Crippen LogP contribution in [0.25, 0.3) is 11.1 Å². The summed E-state index contributed by atoms with van der Waals surface area (Å²) in [6.07, 6.45) is -0.0344. The van der Waals surface area contributed by atoms with Crippen LogP contribution in [0.4, 0.5) is 27.6 Å². The molecule has 1 amide bonds. The average molecular weight is 509 g/mol. The lowest BCUT2D eigenvalue weighted by molar-refractivity contribution is -0.149. The van der Waals surface area contributed by atoms with E-state index in [0.29, 0.717) is 29.8 Å². The molecule has 0 bridgehead atoms. The Morgan fingerprint density at radius 2 is 2.03 bits per heavy atom. The number of amides is 1. The molecule has 0 saturated carbocycles. The van der Waals surface area contributed by atoms with Gasteiger partial charge in [0, 0.05) is 36.5 Å². The molecule has 1 aliphatic heterocycles. The topological polar surface area (TPSA) is 123 Å². The van der Waals surface area contributed by atoms with Gasteiger partial charge < -0.3 is 15.3 Å². The van der Waals surface area contributed by atoms with Crippen molar-refractivity contribution in [2.45, 2.75) is 37.7 Å². The summed E-state index contributed by atoms with van der Waals surface area (Å²) in [4.78, 5) is 13.5. The Morgan fingerprint density at radius 3 is 2.67 bits per heavy atom. The normalized spacial score (nSPS) is 15.8. The summed E-state index contributed by atoms with van der Waals surface area (Å²) in [5.74, 6) is -3.58. The second-order valence-electron chi connectivity index (χ2n) is 8.53. The molecule has 190 valence electrons. The molecule has 0 radical (unpaired) electrons. The Labute approximate surface area is 201 Å². The molecular weight excluding hydrogens is 489 g/mol. The number of aliphatic hydroxyl groups excluding tert-OH is 1. The van der Waals surface area contributed by atoms with Gasteiger partial charge in [0.25, 0.3) is 5.91 Å². The van der Waals surface area contributed by atoms with E-state index in [4.69, 9.17) is 0 Å². The van der Waals surface area contributed by atoms with E-state index in [1.54, 1.807) is 16.2 Å². The van der Waals surface area contributed by atoms with E-state index in [1.165, 1.54) is 17.3 Å². The number of anilines is 1. The van der Waals surface area contributed by atoms with E-state index in [2.05, 4.69) is 21.4 Å². The van der Waals surface area contributed by atoms with Gasteiger partial charge in [-0.15, -0.1) is 0 Å². The van der Waals surface area contributed by atoms with Crippen molar-refractivity contribution in [3.8, 4) is 17.2 Å². The summed E-state index contributed by atoms with van der Waals surface area (Å²) in [6.45, 7) is 0.568. The molecule has 1 aromatic carbocycles. The fraction of sp³-hybridized carbons (Fsp3) is 0.364. The van der Waals surface area contributed by atoms with Gasteiger partial charge in [-0.05, 0) is 13.0 Å². The van der Waals surface area contributed by atoms with Gasteiger partial charge in [0.05, 0.1) is 48.4 Å². The van der Waals surface area contributed by atoms with Gasteiger partial charge in [-0.3, -0.25) is 14.6 Å². The number of hydrogen-bond acceptors (Lipinski definition) is 6. The minimum atomic E-state index is -4.74. The molecule has 9 nitrogen and oxygen atoms in total. The van der Waals surface area contributed by atoms with Crippen molar-refractivity contribution in [1.82, 2.24) is 25.3 Å². The third-order valence-electron chi connectivity index (χ3n) is 6.09. The highest BCUT2D eigenvalue weighted by molar-refractivity contribution is 5.95. The molecule has 3 aromatic rings. The quantitative estimate of drug-likeness (QED) is 0.421. The number of halogens is 5. The van der Waals surface area contributed by atoms with E-state index in [-0.39, 0.29) is 31.8 Å². The Hall–Kier alpha value is -3.99. The Kier molecular flexibility index (Phi) is 6.44. The summed E-state index contributed by atoms with van der Waals surface area (Å²) in [5, 5.41) is 31.3. The number of nitrogens with zero attached hydrogens (tertiary/aromatic N) is 5. The zero-order valence-corrected chi connectivity index (χ0v) is 18.8. The van der Waals surface area contributed by atoms with Crippen LogP contribution in [-0.4, -0.2) is 56.3 Å². The summed E-state index contributed by atoms with van der Waals surface area (Å²) >= 11 is 0. The average Bonchev–Trinajstić information content (AvgIpc) is 3.46. The second-order valence-corrected chi connectivity index (χ2v) is 8.53. The van der Waals surface area contributed by atoms with E-state index in [0.717, 1.165) is 6.07 Å². The first-order valence-corrected chi connectivity index (χ1v) is 10.7. The molecule has 1 aliphatic rings. The Balaban J connectivity index is 1.54. The maximum absolute atomic E-state index is 14.8. The standard InChI is InChI=1S/C22H20F5N7O2/c1-12(22(25,26)27)31-20(36)14-4-17(24)19(5-16(14)23)33-10-21(11-33,2-3-28)34-8-13(6-30-34)15-7-29-32-18(15)9-35/h4-8,12,35H,2,9-11H2,1H3,(H,29,32)(H,31,36)/t12-/m0/s1. The monoisotopic (exact) mass is 509 g/mol. The predicted molar refractivity (Wildman–Crippen MR) is 115 cm³/mol. The largest absolute Gasteiger partial charge is 0.408 e. The fourth-order valence-electron chi connectivity index (χ4n) is 4.03. The summed E-state index contributed by atoms with van der Waals surface area (Å²) in [6, 6.07) is 1.12. The first kappa shape index (κ1) is 25.1. The molecule has 0 unspecified atom stereocenters. The van der Waals surface area contributed by atoms with E-state index in [9.17, 15) is 37.1 Å². The number of aromatic nitrogens is 4. The number of benzene rings is 1. The number of nitrogens with one attached hydrogen (secondary N) is 2. The number of aromatic amines is 1. The molecule has 1 fully saturated rings. The third kappa shape index (κ3) is 4.49. The van der Waals surface area contributed by atoms with Crippen molar-refractivity contribution in [2.75, 3.05) is 18.0 Å². The van der Waals surface area contributed by atoms with E-state index < -0.39 is 40.9 Å². The highest BCUT2D eigenvalue weighted by atomic mass is 19.4. The lowest BCUT2D eigenvalue weighted by Crippen LogP contribution is -2.63. The molecule has 3 N–H and O–H groups in total. The molecule has 0 spiro atoms. The fourth-order valence-corrected chi connectivity index (χ4v) is 4.03. The lowest BCUT2D eigenvalue weighted by Gasteiger charge is -2.50. The van der Waals surface area contributed by atoms with Gasteiger partial charge in [0.2, 0.25) is 0 Å². The number of aliphatic hydroxyl groups is 1. The molecule has 1 saturated heterocycles. The van der Waals surface area contributed by atoms with Crippen LogP contribution in [0.5, 0.6) is 0 Å². The number of carbonyl (C=O) groups excluding carboxylic acids is 1. The lowest BCUT2D eigenvalue weighted by atomic mass is 9.86. The minimum absolute atomic E-state index is 0.00276. The van der Waals surface area contributed by atoms with Crippen LogP contribution in [0.2, 0.25) is 0 Å². The number of carbonyl (C=O) groups is 1. The van der Waals surface area contributed by atoms with E-state index in [1.807, 2.05) is 0 Å². The van der Waals surface area contributed by atoms with Gasteiger partial charge in [-0.25, -0.2) is 8.78 Å². The number of hydrogen-bond donors (Lipinski definition) is 3. The van der Waals surface area contributed by atoms with Crippen LogP contribution >= 0.6 is 0 Å². The maximum atomic E-state index is 14.8. The first-order chi connectivity index (χ1) is 17.0. The van der Waals surface area contributed by atoms with Crippen LogP contribution in [0.15, 0.2) is 30.7 Å². The van der Waals surface area contributed by atoms with Gasteiger partial charge in [-0.2, -0.15) is 28.6 Å². The Bertz CT molecular complexity index is 1320. The van der Waals surface area contributed by atoms with Crippen molar-refractivity contribution >= 4 is 11.6 Å². The second kappa shape index (κ2) is 9.23. The van der Waals surface area contributed by atoms with Gasteiger partial charge in [-0.1, -0.05) is 0 Å². The van der Waals surface area contributed by atoms with Crippen molar-refractivity contribution in [2.24, 2.45) is 0 Å². The van der Waals surface area contributed by atoms with Crippen molar-refractivity contribution in [1.29, 1.82) is 5.26 Å². The Morgan fingerprint density at radius 1 is 1.31 bits per heavy atom. The molecule has 14 heteroatoms. The van der Waals surface area contributed by atoms with Crippen molar-refractivity contribution in [3.63, 3.8) is 0 Å². The van der Waals surface area contributed by atoms with Gasteiger partial charge >= 0.3 is 6.18 Å². The van der Waals surface area contributed by atoms with Crippen LogP contribution in [0.3, 0.4) is 0 Å².